The van der Waals surface area contributed by atoms with Crippen molar-refractivity contribution in [2.45, 2.75) is 4.30 Å². The molecule has 0 radical (unpaired) electrons. The first-order valence-electron chi connectivity index (χ1n) is 2.35. The summed E-state index contributed by atoms with van der Waals surface area (Å²) < 4.78 is -0.750. The summed E-state index contributed by atoms with van der Waals surface area (Å²) in [7, 11) is 0. The van der Waals surface area contributed by atoms with Gasteiger partial charge in [-0.25, -0.2) is 9.97 Å². The van der Waals surface area contributed by atoms with Crippen LogP contribution in [0.3, 0.4) is 0 Å². The number of hydrogen-bond acceptors (Lipinski definition) is 2. The number of aromatic nitrogens is 2. The lowest BCUT2D eigenvalue weighted by atomic mass is 10.7. The van der Waals surface area contributed by atoms with Crippen molar-refractivity contribution in [3.05, 3.63) is 24.8 Å². The zero-order valence-electron chi connectivity index (χ0n) is 4.92. The molecule has 1 rings (SSSR count). The van der Waals surface area contributed by atoms with Crippen LogP contribution in [0.15, 0.2) is 24.8 Å². The van der Waals surface area contributed by atoms with Crippen LogP contribution in [0.2, 0.25) is 0 Å². The molecule has 0 amide bonds. The summed E-state index contributed by atoms with van der Waals surface area (Å²) in [4.78, 5) is 7.35. The van der Waals surface area contributed by atoms with Crippen LogP contribution in [0.5, 0.6) is 0 Å². The molecule has 0 spiro atoms. The Morgan fingerprint density at radius 3 is 1.50 bits per heavy atom. The lowest BCUT2D eigenvalue weighted by molar-refractivity contribution is 1.17. The van der Waals surface area contributed by atoms with Gasteiger partial charge in [-0.2, -0.15) is 0 Å². The van der Waals surface area contributed by atoms with Gasteiger partial charge in [0.1, 0.15) is 6.33 Å². The van der Waals surface area contributed by atoms with Crippen molar-refractivity contribution >= 4 is 34.8 Å². The predicted octanol–water partition coefficient (Wildman–Crippen LogP) is 2.46. The highest BCUT2D eigenvalue weighted by Gasteiger charge is 1.78. The maximum atomic E-state index is 4.81. The summed E-state index contributed by atoms with van der Waals surface area (Å²) in [5.41, 5.74) is 0. The first-order chi connectivity index (χ1) is 4.73. The second-order valence-electron chi connectivity index (χ2n) is 1.15. The quantitative estimate of drug-likeness (QED) is 0.600. The van der Waals surface area contributed by atoms with Gasteiger partial charge in [-0.05, 0) is 6.07 Å². The minimum absolute atomic E-state index is 0.750. The van der Waals surface area contributed by atoms with Crippen molar-refractivity contribution in [3.8, 4) is 0 Å². The van der Waals surface area contributed by atoms with Gasteiger partial charge < -0.3 is 0 Å². The first-order valence-corrected chi connectivity index (χ1v) is 3.66. The zero-order valence-corrected chi connectivity index (χ0v) is 7.18. The molecule has 0 aliphatic heterocycles. The topological polar surface area (TPSA) is 25.8 Å². The molecule has 0 bridgehead atoms. The van der Waals surface area contributed by atoms with Gasteiger partial charge in [0.15, 0.2) is 4.30 Å². The van der Waals surface area contributed by atoms with E-state index < -0.39 is 4.30 Å². The van der Waals surface area contributed by atoms with E-state index in [1.165, 1.54) is 6.33 Å². The average Bonchev–Trinajstić information content (AvgIpc) is 1.90. The second-order valence-corrected chi connectivity index (χ2v) is 3.13. The highest BCUT2D eigenvalue weighted by molar-refractivity contribution is 6.63. The Morgan fingerprint density at radius 2 is 1.40 bits per heavy atom. The van der Waals surface area contributed by atoms with E-state index in [1.54, 1.807) is 18.5 Å². The van der Waals surface area contributed by atoms with Crippen molar-refractivity contribution in [1.82, 2.24) is 9.97 Å². The number of hydrogen-bond donors (Lipinski definition) is 0. The van der Waals surface area contributed by atoms with E-state index >= 15 is 0 Å². The summed E-state index contributed by atoms with van der Waals surface area (Å²) in [6.07, 6.45) is 4.88. The van der Waals surface area contributed by atoms with Crippen molar-refractivity contribution in [1.29, 1.82) is 0 Å². The predicted molar refractivity (Wildman–Crippen MR) is 43.4 cm³/mol. The SMILES string of the molecule is ClC(Cl)Cl.c1cncnc1. The molecule has 2 nitrogen and oxygen atoms in total. The smallest absolute Gasteiger partial charge is 0.180 e. The van der Waals surface area contributed by atoms with Gasteiger partial charge in [0, 0.05) is 12.4 Å². The first kappa shape index (κ1) is 9.95. The van der Waals surface area contributed by atoms with E-state index in [4.69, 9.17) is 34.8 Å². The zero-order chi connectivity index (χ0) is 7.82. The van der Waals surface area contributed by atoms with E-state index in [2.05, 4.69) is 9.97 Å². The normalized spacial score (nSPS) is 8.40. The maximum absolute atomic E-state index is 4.81. The molecule has 0 unspecified atom stereocenters. The third kappa shape index (κ3) is 10.8. The highest BCUT2D eigenvalue weighted by Crippen LogP contribution is 2.03. The number of alkyl halides is 3. The average molecular weight is 199 g/mol. The van der Waals surface area contributed by atoms with Crippen molar-refractivity contribution in [2.75, 3.05) is 0 Å². The summed E-state index contributed by atoms with van der Waals surface area (Å²) in [6, 6.07) is 1.78. The minimum Gasteiger partial charge on any atom is -0.245 e. The number of rotatable bonds is 0. The van der Waals surface area contributed by atoms with Gasteiger partial charge >= 0.3 is 0 Å². The maximum Gasteiger partial charge on any atom is 0.180 e. The summed E-state index contributed by atoms with van der Waals surface area (Å²) in [5.74, 6) is 0. The minimum atomic E-state index is -0.750. The Hall–Kier alpha value is -0.0500. The van der Waals surface area contributed by atoms with Gasteiger partial charge in [0.2, 0.25) is 0 Å². The molecule has 1 aromatic heterocycles. The van der Waals surface area contributed by atoms with Crippen molar-refractivity contribution < 1.29 is 0 Å². The van der Waals surface area contributed by atoms with Gasteiger partial charge in [-0.1, -0.05) is 34.8 Å². The Kier molecular flexibility index (Phi) is 7.03. The van der Waals surface area contributed by atoms with Crippen LogP contribution in [-0.4, -0.2) is 14.3 Å². The van der Waals surface area contributed by atoms with Gasteiger partial charge in [0.25, 0.3) is 0 Å². The lowest BCUT2D eigenvalue weighted by Crippen LogP contribution is -1.66. The van der Waals surface area contributed by atoms with E-state index in [0.717, 1.165) is 0 Å². The molecule has 0 fully saturated rings. The lowest BCUT2D eigenvalue weighted by Gasteiger charge is -1.70. The summed E-state index contributed by atoms with van der Waals surface area (Å²) >= 11 is 14.4. The number of halogens is 3. The second kappa shape index (κ2) is 7.06. The Bertz CT molecular complexity index is 115. The molecule has 0 atom stereocenters. The van der Waals surface area contributed by atoms with Crippen molar-refractivity contribution in [3.63, 3.8) is 0 Å². The largest absolute Gasteiger partial charge is 0.245 e. The molecular formula is C5H5Cl3N2. The van der Waals surface area contributed by atoms with Crippen LogP contribution in [0.4, 0.5) is 0 Å². The monoisotopic (exact) mass is 198 g/mol. The molecule has 0 aliphatic carbocycles. The molecule has 56 valence electrons. The van der Waals surface area contributed by atoms with Crippen LogP contribution >= 0.6 is 34.8 Å². The fraction of sp³-hybridized carbons (Fsp3) is 0.200. The van der Waals surface area contributed by atoms with Crippen LogP contribution in [-0.2, 0) is 0 Å². The van der Waals surface area contributed by atoms with Crippen LogP contribution < -0.4 is 0 Å². The Morgan fingerprint density at radius 1 is 1.00 bits per heavy atom. The molecule has 0 aromatic carbocycles. The highest BCUT2D eigenvalue weighted by atomic mass is 35.6. The van der Waals surface area contributed by atoms with Crippen LogP contribution in [0, 0.1) is 0 Å². The van der Waals surface area contributed by atoms with Crippen molar-refractivity contribution in [2.24, 2.45) is 0 Å². The molecule has 5 heteroatoms. The van der Waals surface area contributed by atoms with Gasteiger partial charge in [-0.3, -0.25) is 0 Å². The Balaban J connectivity index is 0.000000180. The van der Waals surface area contributed by atoms with E-state index in [0.29, 0.717) is 0 Å². The fourth-order valence-corrected chi connectivity index (χ4v) is 0.253. The molecular weight excluding hydrogens is 194 g/mol. The number of nitrogens with zero attached hydrogens (tertiary/aromatic N) is 2. The van der Waals surface area contributed by atoms with Gasteiger partial charge in [0.05, 0.1) is 0 Å². The molecule has 0 saturated heterocycles. The van der Waals surface area contributed by atoms with Crippen LogP contribution in [0.1, 0.15) is 0 Å². The third-order valence-corrected chi connectivity index (χ3v) is 0.478. The fourth-order valence-electron chi connectivity index (χ4n) is 0.253. The Labute approximate surface area is 74.2 Å². The molecule has 1 heterocycles. The molecule has 0 saturated carbocycles. The molecule has 10 heavy (non-hydrogen) atoms. The van der Waals surface area contributed by atoms with Crippen LogP contribution in [0.25, 0.3) is 0 Å². The van der Waals surface area contributed by atoms with E-state index in [9.17, 15) is 0 Å². The summed E-state index contributed by atoms with van der Waals surface area (Å²) in [5, 5.41) is 0. The molecule has 1 aromatic rings. The summed E-state index contributed by atoms with van der Waals surface area (Å²) in [6.45, 7) is 0. The third-order valence-electron chi connectivity index (χ3n) is 0.478. The van der Waals surface area contributed by atoms with Gasteiger partial charge in [-0.15, -0.1) is 0 Å². The van der Waals surface area contributed by atoms with E-state index in [1.807, 2.05) is 0 Å². The van der Waals surface area contributed by atoms with E-state index in [-0.39, 0.29) is 0 Å². The standard InChI is InChI=1S/C4H4N2.CHCl3/c1-2-5-4-6-3-1;2-1(3)4/h1-4H;1H. The molecule has 0 N–H and O–H groups in total. The molecule has 0 aliphatic rings.